The SMILES string of the molecule is CC(=O)OCC(=O)[C@@]1(OC(C)=O)CCC2C3CCC4=CC(=O)CCC4=C3[C@@H](c3ccc(N4CCCCC4)cc3)C[C@@]21C. The van der Waals surface area contributed by atoms with Gasteiger partial charge >= 0.3 is 11.9 Å². The molecule has 1 aliphatic heterocycles. The van der Waals surface area contributed by atoms with Gasteiger partial charge < -0.3 is 14.4 Å². The fourth-order valence-corrected chi connectivity index (χ4v) is 9.23. The lowest BCUT2D eigenvalue weighted by Crippen LogP contribution is -2.58. The molecule has 0 N–H and O–H groups in total. The summed E-state index contributed by atoms with van der Waals surface area (Å²) in [6.07, 6.45) is 10.5. The number of Topliss-reactive ketones (excluding diaryl/α,β-unsaturated/α-hetero) is 1. The van der Waals surface area contributed by atoms with Crippen LogP contribution < -0.4 is 4.90 Å². The van der Waals surface area contributed by atoms with Crippen LogP contribution in [-0.2, 0) is 28.7 Å². The van der Waals surface area contributed by atoms with E-state index in [1.54, 1.807) is 0 Å². The first-order valence-electron chi connectivity index (χ1n) is 15.8. The van der Waals surface area contributed by atoms with Gasteiger partial charge in [-0.3, -0.25) is 19.2 Å². The molecule has 4 aliphatic carbocycles. The number of rotatable bonds is 6. The largest absolute Gasteiger partial charge is 0.458 e. The third-order valence-corrected chi connectivity index (χ3v) is 11.0. The van der Waals surface area contributed by atoms with Crippen LogP contribution in [0.15, 0.2) is 47.1 Å². The third kappa shape index (κ3) is 4.83. The number of carbonyl (C=O) groups excluding carboxylic acids is 4. The number of nitrogens with zero attached hydrogens (tertiary/aromatic N) is 1. The topological polar surface area (TPSA) is 90.0 Å². The van der Waals surface area contributed by atoms with Crippen LogP contribution in [0.3, 0.4) is 0 Å². The second-order valence-electron chi connectivity index (χ2n) is 13.3. The van der Waals surface area contributed by atoms with Crippen molar-refractivity contribution in [3.8, 4) is 0 Å². The van der Waals surface area contributed by atoms with Crippen molar-refractivity contribution in [3.05, 3.63) is 52.6 Å². The molecule has 6 rings (SSSR count). The van der Waals surface area contributed by atoms with Crippen LogP contribution in [0.2, 0.25) is 0 Å². The monoisotopic (exact) mass is 573 g/mol. The summed E-state index contributed by atoms with van der Waals surface area (Å²) in [6, 6.07) is 8.97. The molecule has 5 atom stereocenters. The highest BCUT2D eigenvalue weighted by atomic mass is 16.6. The molecule has 5 aliphatic rings. The standard InChI is InChI=1S/C35H43NO6/c1-22(37)41-21-32(40)35(42-23(2)38)16-15-31-29-13-9-25-19-27(39)12-14-28(25)33(29)30(20-34(31,35)3)24-7-10-26(11-8-24)36-17-5-4-6-18-36/h7-8,10-11,19,29-31H,4-6,9,12-18,20-21H2,1-3H3/t29?,30-,31?,34+,35+/m1/s1. The Morgan fingerprint density at radius 1 is 0.952 bits per heavy atom. The molecule has 2 unspecified atom stereocenters. The zero-order valence-corrected chi connectivity index (χ0v) is 25.2. The number of fused-ring (bicyclic) bond motifs is 4. The Kier molecular flexibility index (Phi) is 7.65. The maximum atomic E-state index is 13.9. The highest BCUT2D eigenvalue weighted by Crippen LogP contribution is 2.67. The van der Waals surface area contributed by atoms with Crippen molar-refractivity contribution in [1.29, 1.82) is 0 Å². The van der Waals surface area contributed by atoms with Crippen molar-refractivity contribution in [3.63, 3.8) is 0 Å². The van der Waals surface area contributed by atoms with Gasteiger partial charge in [0.25, 0.3) is 0 Å². The Bertz CT molecular complexity index is 1350. The van der Waals surface area contributed by atoms with Gasteiger partial charge in [0.15, 0.2) is 18.0 Å². The van der Waals surface area contributed by atoms with E-state index in [0.29, 0.717) is 19.3 Å². The number of carbonyl (C=O) groups is 4. The Labute approximate surface area is 248 Å². The first kappa shape index (κ1) is 28.9. The van der Waals surface area contributed by atoms with E-state index in [0.717, 1.165) is 38.8 Å². The zero-order valence-electron chi connectivity index (χ0n) is 25.2. The number of ketones is 2. The summed E-state index contributed by atoms with van der Waals surface area (Å²) in [5.74, 6) is -0.720. The van der Waals surface area contributed by atoms with Gasteiger partial charge in [0.1, 0.15) is 0 Å². The van der Waals surface area contributed by atoms with Gasteiger partial charge in [-0.1, -0.05) is 24.6 Å². The maximum absolute atomic E-state index is 13.9. The van der Waals surface area contributed by atoms with Gasteiger partial charge in [0.2, 0.25) is 5.78 Å². The molecule has 0 amide bonds. The summed E-state index contributed by atoms with van der Waals surface area (Å²) in [6.45, 7) is 6.55. The van der Waals surface area contributed by atoms with Gasteiger partial charge in [0.05, 0.1) is 0 Å². The lowest BCUT2D eigenvalue weighted by atomic mass is 9.50. The molecule has 0 bridgehead atoms. The molecule has 3 fully saturated rings. The van der Waals surface area contributed by atoms with Crippen LogP contribution in [0, 0.1) is 17.3 Å². The number of benzene rings is 1. The van der Waals surface area contributed by atoms with Crippen LogP contribution in [0.1, 0.15) is 96.5 Å². The Morgan fingerprint density at radius 3 is 2.38 bits per heavy atom. The summed E-state index contributed by atoms with van der Waals surface area (Å²) in [7, 11) is 0. The summed E-state index contributed by atoms with van der Waals surface area (Å²) in [4.78, 5) is 53.0. The molecular weight excluding hydrogens is 530 g/mol. The quantitative estimate of drug-likeness (QED) is 0.385. The van der Waals surface area contributed by atoms with Crippen molar-refractivity contribution in [2.45, 2.75) is 96.5 Å². The molecule has 224 valence electrons. The predicted molar refractivity (Wildman–Crippen MR) is 159 cm³/mol. The highest BCUT2D eigenvalue weighted by Gasteiger charge is 2.68. The molecule has 1 aromatic rings. The van der Waals surface area contributed by atoms with Crippen molar-refractivity contribution in [2.24, 2.45) is 17.3 Å². The van der Waals surface area contributed by atoms with Crippen molar-refractivity contribution in [2.75, 3.05) is 24.6 Å². The summed E-state index contributed by atoms with van der Waals surface area (Å²) in [5.41, 5.74) is 4.43. The summed E-state index contributed by atoms with van der Waals surface area (Å²) in [5, 5.41) is 0. The average Bonchev–Trinajstić information content (AvgIpc) is 3.27. The number of anilines is 1. The molecule has 1 heterocycles. The van der Waals surface area contributed by atoms with E-state index < -0.39 is 29.6 Å². The molecule has 42 heavy (non-hydrogen) atoms. The highest BCUT2D eigenvalue weighted by molar-refractivity contribution is 5.94. The van der Waals surface area contributed by atoms with E-state index >= 15 is 0 Å². The minimum absolute atomic E-state index is 0.0353. The van der Waals surface area contributed by atoms with Crippen molar-refractivity contribution in [1.82, 2.24) is 0 Å². The van der Waals surface area contributed by atoms with Crippen molar-refractivity contribution < 1.29 is 28.7 Å². The van der Waals surface area contributed by atoms with Crippen LogP contribution in [0.5, 0.6) is 0 Å². The zero-order chi connectivity index (χ0) is 29.6. The predicted octanol–water partition coefficient (Wildman–Crippen LogP) is 6.01. The second-order valence-corrected chi connectivity index (χ2v) is 13.3. The first-order chi connectivity index (χ1) is 20.1. The van der Waals surface area contributed by atoms with E-state index in [1.165, 1.54) is 61.1 Å². The van der Waals surface area contributed by atoms with E-state index in [-0.39, 0.29) is 29.3 Å². The number of hydrogen-bond acceptors (Lipinski definition) is 7. The van der Waals surface area contributed by atoms with Gasteiger partial charge in [-0.25, -0.2) is 0 Å². The van der Waals surface area contributed by atoms with Gasteiger partial charge in [0, 0.05) is 50.4 Å². The second kappa shape index (κ2) is 11.1. The molecule has 0 radical (unpaired) electrons. The molecule has 1 saturated heterocycles. The summed E-state index contributed by atoms with van der Waals surface area (Å²) >= 11 is 0. The van der Waals surface area contributed by atoms with E-state index in [4.69, 9.17) is 9.47 Å². The lowest BCUT2D eigenvalue weighted by molar-refractivity contribution is -0.186. The molecule has 0 spiro atoms. The fraction of sp³-hybridized carbons (Fsp3) is 0.600. The Balaban J connectivity index is 1.45. The average molecular weight is 574 g/mol. The minimum Gasteiger partial charge on any atom is -0.458 e. The van der Waals surface area contributed by atoms with Gasteiger partial charge in [-0.15, -0.1) is 0 Å². The molecular formula is C35H43NO6. The number of piperidine rings is 1. The third-order valence-electron chi connectivity index (χ3n) is 11.0. The Hall–Kier alpha value is -3.22. The van der Waals surface area contributed by atoms with Crippen LogP contribution in [0.25, 0.3) is 0 Å². The Morgan fingerprint density at radius 2 is 1.69 bits per heavy atom. The first-order valence-corrected chi connectivity index (χ1v) is 15.8. The summed E-state index contributed by atoms with van der Waals surface area (Å²) < 4.78 is 11.3. The van der Waals surface area contributed by atoms with E-state index in [1.807, 2.05) is 6.08 Å². The normalized spacial score (nSPS) is 32.4. The smallest absolute Gasteiger partial charge is 0.303 e. The van der Waals surface area contributed by atoms with Crippen LogP contribution in [-0.4, -0.2) is 48.8 Å². The molecule has 2 saturated carbocycles. The van der Waals surface area contributed by atoms with Gasteiger partial charge in [-0.05, 0) is 105 Å². The fourth-order valence-electron chi connectivity index (χ4n) is 9.23. The van der Waals surface area contributed by atoms with E-state index in [9.17, 15) is 19.2 Å². The lowest BCUT2D eigenvalue weighted by Gasteiger charge is -2.55. The number of ether oxygens (including phenoxy) is 2. The number of hydrogen-bond donors (Lipinski definition) is 0. The number of esters is 2. The molecule has 0 aromatic heterocycles. The molecule has 7 heteroatoms. The minimum atomic E-state index is -1.35. The van der Waals surface area contributed by atoms with Gasteiger partial charge in [-0.2, -0.15) is 0 Å². The number of allylic oxidation sites excluding steroid dienone is 4. The maximum Gasteiger partial charge on any atom is 0.303 e. The van der Waals surface area contributed by atoms with E-state index in [2.05, 4.69) is 36.1 Å². The molecule has 1 aromatic carbocycles. The van der Waals surface area contributed by atoms with Crippen LogP contribution in [0.4, 0.5) is 5.69 Å². The molecule has 7 nitrogen and oxygen atoms in total. The van der Waals surface area contributed by atoms with Crippen LogP contribution >= 0.6 is 0 Å². The van der Waals surface area contributed by atoms with Crippen molar-refractivity contribution >= 4 is 29.2 Å².